The largest absolute Gasteiger partial charge is 0.491 e. The Morgan fingerprint density at radius 2 is 1.85 bits per heavy atom. The molecule has 0 spiro atoms. The normalized spacial score (nSPS) is 13.9. The van der Waals surface area contributed by atoms with E-state index < -0.39 is 17.8 Å². The van der Waals surface area contributed by atoms with E-state index in [1.807, 2.05) is 11.0 Å². The average molecular weight is 540 g/mol. The van der Waals surface area contributed by atoms with Crippen molar-refractivity contribution in [3.05, 3.63) is 66.0 Å². The van der Waals surface area contributed by atoms with Crippen molar-refractivity contribution in [1.29, 1.82) is 0 Å². The molecule has 204 valence electrons. The van der Waals surface area contributed by atoms with Crippen LogP contribution >= 0.6 is 0 Å². The Labute approximate surface area is 224 Å². The van der Waals surface area contributed by atoms with Gasteiger partial charge in [0.15, 0.2) is 0 Å². The first-order valence-electron chi connectivity index (χ1n) is 12.4. The number of benzene rings is 2. The second kappa shape index (κ2) is 12.5. The van der Waals surface area contributed by atoms with Gasteiger partial charge in [0.2, 0.25) is 5.91 Å². The number of rotatable bonds is 7. The van der Waals surface area contributed by atoms with Gasteiger partial charge in [-0.25, -0.2) is 4.98 Å². The lowest BCUT2D eigenvalue weighted by Crippen LogP contribution is -2.48. The van der Waals surface area contributed by atoms with Crippen LogP contribution in [0.3, 0.4) is 0 Å². The van der Waals surface area contributed by atoms with E-state index in [-0.39, 0.29) is 17.4 Å². The van der Waals surface area contributed by atoms with Crippen molar-refractivity contribution >= 4 is 17.5 Å². The number of anilines is 1. The van der Waals surface area contributed by atoms with Gasteiger partial charge in [0, 0.05) is 56.7 Å². The number of hydrogen-bond donors (Lipinski definition) is 2. The number of amides is 2. The van der Waals surface area contributed by atoms with Crippen molar-refractivity contribution in [1.82, 2.24) is 19.8 Å². The SMILES string of the molecule is CC(=O)N1CCN(CCCOc2ccc(-c3ncc(C(F)(F)F)[nH]3)cc2NC(=O)C#Cc2ccccc2)CC1. The molecule has 1 aliphatic heterocycles. The maximum absolute atomic E-state index is 13.0. The van der Waals surface area contributed by atoms with Gasteiger partial charge in [0.1, 0.15) is 17.3 Å². The number of halogens is 3. The Morgan fingerprint density at radius 3 is 2.51 bits per heavy atom. The molecule has 1 aliphatic rings. The van der Waals surface area contributed by atoms with E-state index in [4.69, 9.17) is 4.74 Å². The predicted octanol–water partition coefficient (Wildman–Crippen LogP) is 4.02. The quantitative estimate of drug-likeness (QED) is 0.350. The van der Waals surface area contributed by atoms with Crippen LogP contribution < -0.4 is 10.1 Å². The fraction of sp³-hybridized carbons (Fsp3) is 0.321. The van der Waals surface area contributed by atoms with Gasteiger partial charge in [0.25, 0.3) is 0 Å². The van der Waals surface area contributed by atoms with Crippen molar-refractivity contribution in [2.24, 2.45) is 0 Å². The van der Waals surface area contributed by atoms with E-state index in [2.05, 4.69) is 32.0 Å². The zero-order chi connectivity index (χ0) is 27.8. The second-order valence-corrected chi connectivity index (χ2v) is 8.97. The van der Waals surface area contributed by atoms with Gasteiger partial charge in [-0.3, -0.25) is 14.5 Å². The molecule has 11 heteroatoms. The summed E-state index contributed by atoms with van der Waals surface area (Å²) in [4.78, 5) is 34.3. The molecule has 3 aromatic rings. The molecule has 4 rings (SSSR count). The number of imidazole rings is 1. The fourth-order valence-electron chi connectivity index (χ4n) is 4.07. The van der Waals surface area contributed by atoms with Gasteiger partial charge in [0.05, 0.1) is 18.5 Å². The topological polar surface area (TPSA) is 90.6 Å². The molecule has 39 heavy (non-hydrogen) atoms. The van der Waals surface area contributed by atoms with E-state index in [1.165, 1.54) is 6.07 Å². The van der Waals surface area contributed by atoms with Gasteiger partial charge < -0.3 is 19.9 Å². The molecular formula is C28H28F3N5O3. The maximum Gasteiger partial charge on any atom is 0.432 e. The summed E-state index contributed by atoms with van der Waals surface area (Å²) in [6.07, 6.45) is -3.13. The monoisotopic (exact) mass is 539 g/mol. The molecule has 0 aliphatic carbocycles. The lowest BCUT2D eigenvalue weighted by atomic mass is 10.1. The van der Waals surface area contributed by atoms with E-state index in [1.54, 1.807) is 43.3 Å². The molecule has 1 saturated heterocycles. The minimum absolute atomic E-state index is 0.00412. The maximum atomic E-state index is 13.0. The van der Waals surface area contributed by atoms with Crippen LogP contribution in [0.1, 0.15) is 24.6 Å². The summed E-state index contributed by atoms with van der Waals surface area (Å²) in [5.74, 6) is 5.13. The number of H-pyrrole nitrogens is 1. The van der Waals surface area contributed by atoms with Crippen LogP contribution in [0.5, 0.6) is 5.75 Å². The van der Waals surface area contributed by atoms with Crippen LogP contribution in [-0.4, -0.2) is 70.9 Å². The van der Waals surface area contributed by atoms with Crippen molar-refractivity contribution in [2.75, 3.05) is 44.6 Å². The summed E-state index contributed by atoms with van der Waals surface area (Å²) in [7, 11) is 0. The third-order valence-electron chi connectivity index (χ3n) is 6.17. The van der Waals surface area contributed by atoms with Crippen molar-refractivity contribution in [2.45, 2.75) is 19.5 Å². The average Bonchev–Trinajstić information content (AvgIpc) is 3.43. The van der Waals surface area contributed by atoms with Crippen LogP contribution in [0.2, 0.25) is 0 Å². The number of aromatic amines is 1. The molecule has 1 fully saturated rings. The minimum Gasteiger partial charge on any atom is -0.491 e. The highest BCUT2D eigenvalue weighted by molar-refractivity contribution is 6.05. The Morgan fingerprint density at radius 1 is 1.10 bits per heavy atom. The Hall–Kier alpha value is -4.30. The van der Waals surface area contributed by atoms with Crippen LogP contribution in [-0.2, 0) is 15.8 Å². The smallest absolute Gasteiger partial charge is 0.432 e. The van der Waals surface area contributed by atoms with Crippen LogP contribution in [0.4, 0.5) is 18.9 Å². The van der Waals surface area contributed by atoms with Gasteiger partial charge in [-0.15, -0.1) is 0 Å². The van der Waals surface area contributed by atoms with Gasteiger partial charge in [-0.2, -0.15) is 13.2 Å². The third-order valence-corrected chi connectivity index (χ3v) is 6.17. The molecule has 2 amide bonds. The van der Waals surface area contributed by atoms with Crippen molar-refractivity contribution in [3.8, 4) is 29.0 Å². The number of hydrogen-bond acceptors (Lipinski definition) is 5. The number of nitrogens with one attached hydrogen (secondary N) is 2. The molecule has 0 saturated carbocycles. The van der Waals surface area contributed by atoms with Crippen LogP contribution in [0.15, 0.2) is 54.7 Å². The first-order chi connectivity index (χ1) is 18.7. The van der Waals surface area contributed by atoms with Crippen molar-refractivity contribution < 1.29 is 27.5 Å². The molecule has 0 radical (unpaired) electrons. The number of carbonyl (C=O) groups excluding carboxylic acids is 2. The number of piperazine rings is 1. The Bertz CT molecular complexity index is 1350. The number of ether oxygens (including phenoxy) is 1. The summed E-state index contributed by atoms with van der Waals surface area (Å²) in [6.45, 7) is 5.67. The fourth-order valence-corrected chi connectivity index (χ4v) is 4.07. The van der Waals surface area contributed by atoms with E-state index >= 15 is 0 Å². The molecule has 2 heterocycles. The third kappa shape index (κ3) is 7.85. The van der Waals surface area contributed by atoms with Crippen LogP contribution in [0, 0.1) is 11.8 Å². The first kappa shape index (κ1) is 27.7. The summed E-state index contributed by atoms with van der Waals surface area (Å²) in [6, 6.07) is 13.6. The highest BCUT2D eigenvalue weighted by atomic mass is 19.4. The molecule has 2 aromatic carbocycles. The van der Waals surface area contributed by atoms with E-state index in [0.29, 0.717) is 43.0 Å². The number of nitrogens with zero attached hydrogens (tertiary/aromatic N) is 3. The second-order valence-electron chi connectivity index (χ2n) is 8.97. The zero-order valence-electron chi connectivity index (χ0n) is 21.3. The first-order valence-corrected chi connectivity index (χ1v) is 12.4. The molecule has 1 aromatic heterocycles. The lowest BCUT2D eigenvalue weighted by Gasteiger charge is -2.34. The Balaban J connectivity index is 1.44. The molecule has 0 bridgehead atoms. The lowest BCUT2D eigenvalue weighted by molar-refractivity contribution is -0.140. The minimum atomic E-state index is -4.56. The van der Waals surface area contributed by atoms with E-state index in [9.17, 15) is 22.8 Å². The number of alkyl halides is 3. The molecule has 8 nitrogen and oxygen atoms in total. The Kier molecular flexibility index (Phi) is 8.88. The summed E-state index contributed by atoms with van der Waals surface area (Å²) in [5.41, 5.74) is 0.297. The highest BCUT2D eigenvalue weighted by Gasteiger charge is 2.33. The van der Waals surface area contributed by atoms with E-state index in [0.717, 1.165) is 25.8 Å². The molecule has 0 atom stereocenters. The number of carbonyl (C=O) groups is 2. The summed E-state index contributed by atoms with van der Waals surface area (Å²) in [5, 5.41) is 2.68. The summed E-state index contributed by atoms with van der Waals surface area (Å²) >= 11 is 0. The molecular weight excluding hydrogens is 511 g/mol. The summed E-state index contributed by atoms with van der Waals surface area (Å²) < 4.78 is 45.0. The van der Waals surface area contributed by atoms with Gasteiger partial charge >= 0.3 is 12.1 Å². The highest BCUT2D eigenvalue weighted by Crippen LogP contribution is 2.33. The zero-order valence-corrected chi connectivity index (χ0v) is 21.3. The predicted molar refractivity (Wildman–Crippen MR) is 140 cm³/mol. The number of aromatic nitrogens is 2. The van der Waals surface area contributed by atoms with Gasteiger partial charge in [-0.1, -0.05) is 24.1 Å². The van der Waals surface area contributed by atoms with Crippen LogP contribution in [0.25, 0.3) is 11.4 Å². The van der Waals surface area contributed by atoms with Gasteiger partial charge in [-0.05, 0) is 36.8 Å². The molecule has 2 N–H and O–H groups in total. The standard InChI is InChI=1S/C28H28F3N5O3/c1-20(37)36-15-13-35(14-16-36)12-5-17-39-24-10-9-22(27-32-19-25(34-27)28(29,30)31)18-23(24)33-26(38)11-8-21-6-3-2-4-7-21/h2-4,6-7,9-10,18-19H,5,12-17H2,1H3,(H,32,34)(H,33,38). The molecule has 0 unspecified atom stereocenters. The van der Waals surface area contributed by atoms with Crippen molar-refractivity contribution in [3.63, 3.8) is 0 Å².